The smallest absolute Gasteiger partial charge is 0.267 e. The average molecular weight is 276 g/mol. The normalized spacial score (nSPS) is 24.4. The summed E-state index contributed by atoms with van der Waals surface area (Å²) in [6.45, 7) is 4.83. The molecule has 1 fully saturated rings. The Morgan fingerprint density at radius 3 is 2.90 bits per heavy atom. The Hall–Kier alpha value is -1.75. The maximum atomic E-state index is 12.6. The van der Waals surface area contributed by atoms with Crippen molar-refractivity contribution in [3.63, 3.8) is 0 Å². The monoisotopic (exact) mass is 276 g/mol. The van der Waals surface area contributed by atoms with Crippen LogP contribution in [0.1, 0.15) is 13.3 Å². The van der Waals surface area contributed by atoms with Gasteiger partial charge in [-0.1, -0.05) is 12.1 Å². The molecule has 0 spiro atoms. The third kappa shape index (κ3) is 2.45. The van der Waals surface area contributed by atoms with E-state index in [0.717, 1.165) is 19.5 Å². The fraction of sp³-hybridized carbons (Fsp3) is 0.533. The highest BCUT2D eigenvalue weighted by molar-refractivity contribution is 5.82. The fourth-order valence-corrected chi connectivity index (χ4v) is 2.83. The second kappa shape index (κ2) is 5.71. The summed E-state index contributed by atoms with van der Waals surface area (Å²) in [6, 6.07) is 7.74. The lowest BCUT2D eigenvalue weighted by Crippen LogP contribution is -2.50. The van der Waals surface area contributed by atoms with Crippen molar-refractivity contribution in [2.24, 2.45) is 0 Å². The number of carbonyl (C=O) groups excluding carboxylic acids is 1. The Balaban J connectivity index is 1.71. The van der Waals surface area contributed by atoms with Gasteiger partial charge in [0.1, 0.15) is 6.61 Å². The van der Waals surface area contributed by atoms with E-state index < -0.39 is 6.10 Å². The van der Waals surface area contributed by atoms with Crippen molar-refractivity contribution < 1.29 is 14.3 Å². The number of benzene rings is 1. The Bertz CT molecular complexity index is 486. The van der Waals surface area contributed by atoms with E-state index in [-0.39, 0.29) is 18.6 Å². The summed E-state index contributed by atoms with van der Waals surface area (Å²) in [5, 5.41) is 3.29. The van der Waals surface area contributed by atoms with Gasteiger partial charge in [-0.3, -0.25) is 4.79 Å². The van der Waals surface area contributed by atoms with E-state index in [1.165, 1.54) is 0 Å². The Labute approximate surface area is 118 Å². The zero-order chi connectivity index (χ0) is 13.9. The minimum Gasteiger partial charge on any atom is -0.485 e. The highest BCUT2D eigenvalue weighted by Gasteiger charge is 2.34. The van der Waals surface area contributed by atoms with E-state index in [4.69, 9.17) is 9.47 Å². The van der Waals surface area contributed by atoms with Gasteiger partial charge in [0, 0.05) is 19.1 Å². The first-order chi connectivity index (χ1) is 9.79. The maximum absolute atomic E-state index is 12.6. The lowest BCUT2D eigenvalue weighted by Gasteiger charge is -2.33. The van der Waals surface area contributed by atoms with Crippen LogP contribution in [0.25, 0.3) is 0 Å². The number of amides is 1. The van der Waals surface area contributed by atoms with Crippen LogP contribution in [0.2, 0.25) is 0 Å². The van der Waals surface area contributed by atoms with Gasteiger partial charge in [-0.15, -0.1) is 0 Å². The molecule has 5 heteroatoms. The van der Waals surface area contributed by atoms with Crippen molar-refractivity contribution in [2.45, 2.75) is 25.5 Å². The summed E-state index contributed by atoms with van der Waals surface area (Å²) in [6.07, 6.45) is 0.467. The summed E-state index contributed by atoms with van der Waals surface area (Å²) >= 11 is 0. The molecule has 0 aromatic heterocycles. The first kappa shape index (κ1) is 13.2. The van der Waals surface area contributed by atoms with Gasteiger partial charge in [-0.05, 0) is 32.0 Å². The molecule has 108 valence electrons. The molecule has 1 amide bonds. The molecule has 1 aromatic carbocycles. The fourth-order valence-electron chi connectivity index (χ4n) is 2.83. The van der Waals surface area contributed by atoms with E-state index >= 15 is 0 Å². The quantitative estimate of drug-likeness (QED) is 0.896. The van der Waals surface area contributed by atoms with Crippen LogP contribution < -0.4 is 14.8 Å². The molecule has 2 atom stereocenters. The molecule has 20 heavy (non-hydrogen) atoms. The molecule has 2 unspecified atom stereocenters. The molecular weight excluding hydrogens is 256 g/mol. The molecule has 3 rings (SSSR count). The third-order valence-electron chi connectivity index (χ3n) is 3.88. The molecule has 5 nitrogen and oxygen atoms in total. The first-order valence-corrected chi connectivity index (χ1v) is 7.19. The van der Waals surface area contributed by atoms with Crippen LogP contribution in [0.5, 0.6) is 11.5 Å². The van der Waals surface area contributed by atoms with Crippen LogP contribution in [-0.2, 0) is 4.79 Å². The molecule has 2 aliphatic rings. The topological polar surface area (TPSA) is 50.8 Å². The summed E-state index contributed by atoms with van der Waals surface area (Å²) in [4.78, 5) is 14.5. The third-order valence-corrected chi connectivity index (χ3v) is 3.88. The second-order valence-corrected chi connectivity index (χ2v) is 5.14. The summed E-state index contributed by atoms with van der Waals surface area (Å²) in [5.41, 5.74) is 0. The van der Waals surface area contributed by atoms with Crippen LogP contribution in [0.3, 0.4) is 0 Å². The van der Waals surface area contributed by atoms with Gasteiger partial charge >= 0.3 is 0 Å². The van der Waals surface area contributed by atoms with E-state index in [0.29, 0.717) is 18.0 Å². The van der Waals surface area contributed by atoms with Crippen molar-refractivity contribution in [1.82, 2.24) is 10.2 Å². The molecule has 0 bridgehead atoms. The number of nitrogens with zero attached hydrogens (tertiary/aromatic N) is 1. The molecule has 0 aliphatic carbocycles. The zero-order valence-electron chi connectivity index (χ0n) is 11.7. The van der Waals surface area contributed by atoms with Gasteiger partial charge in [0.2, 0.25) is 6.10 Å². The van der Waals surface area contributed by atoms with E-state index in [1.807, 2.05) is 36.1 Å². The van der Waals surface area contributed by atoms with E-state index in [2.05, 4.69) is 5.32 Å². The molecular formula is C15H20N2O3. The lowest BCUT2D eigenvalue weighted by molar-refractivity contribution is -0.143. The standard InChI is InChI=1S/C15H20N2O3/c1-2-17(11-7-8-16-9-11)15(18)14-10-19-12-5-3-4-6-13(12)20-14/h3-6,11,14,16H,2,7-10H2,1H3. The molecule has 2 aliphatic heterocycles. The van der Waals surface area contributed by atoms with Crippen LogP contribution in [0.4, 0.5) is 0 Å². The highest BCUT2D eigenvalue weighted by atomic mass is 16.6. The van der Waals surface area contributed by atoms with Gasteiger partial charge in [0.25, 0.3) is 5.91 Å². The molecule has 0 saturated carbocycles. The van der Waals surface area contributed by atoms with Crippen molar-refractivity contribution in [3.05, 3.63) is 24.3 Å². The second-order valence-electron chi connectivity index (χ2n) is 5.14. The minimum atomic E-state index is -0.537. The zero-order valence-corrected chi connectivity index (χ0v) is 11.7. The van der Waals surface area contributed by atoms with Crippen molar-refractivity contribution >= 4 is 5.91 Å². The van der Waals surface area contributed by atoms with Gasteiger partial charge in [0.15, 0.2) is 11.5 Å². The number of likely N-dealkylation sites (N-methyl/N-ethyl adjacent to an activating group) is 1. The maximum Gasteiger partial charge on any atom is 0.267 e. The predicted octanol–water partition coefficient (Wildman–Crippen LogP) is 1.04. The summed E-state index contributed by atoms with van der Waals surface area (Å²) in [5.74, 6) is 1.38. The number of hydrogen-bond acceptors (Lipinski definition) is 4. The van der Waals surface area contributed by atoms with Crippen LogP contribution >= 0.6 is 0 Å². The van der Waals surface area contributed by atoms with Crippen LogP contribution in [-0.4, -0.2) is 49.2 Å². The van der Waals surface area contributed by atoms with Crippen molar-refractivity contribution in [3.8, 4) is 11.5 Å². The predicted molar refractivity (Wildman–Crippen MR) is 75.0 cm³/mol. The minimum absolute atomic E-state index is 0.0238. The van der Waals surface area contributed by atoms with Gasteiger partial charge in [-0.25, -0.2) is 0 Å². The average Bonchev–Trinajstić information content (AvgIpc) is 3.01. The number of rotatable bonds is 3. The van der Waals surface area contributed by atoms with Gasteiger partial charge in [0.05, 0.1) is 0 Å². The molecule has 1 saturated heterocycles. The number of nitrogens with one attached hydrogen (secondary N) is 1. The SMILES string of the molecule is CCN(C(=O)C1COc2ccccc2O1)C1CCNC1. The molecule has 0 radical (unpaired) electrons. The van der Waals surface area contributed by atoms with Crippen molar-refractivity contribution in [2.75, 3.05) is 26.2 Å². The van der Waals surface area contributed by atoms with Crippen molar-refractivity contribution in [1.29, 1.82) is 0 Å². The Morgan fingerprint density at radius 2 is 2.20 bits per heavy atom. The number of para-hydroxylation sites is 2. The number of carbonyl (C=O) groups is 1. The lowest BCUT2D eigenvalue weighted by atomic mass is 10.2. The Morgan fingerprint density at radius 1 is 1.40 bits per heavy atom. The largest absolute Gasteiger partial charge is 0.485 e. The number of ether oxygens (including phenoxy) is 2. The van der Waals surface area contributed by atoms with Crippen LogP contribution in [0, 0.1) is 0 Å². The van der Waals surface area contributed by atoms with Gasteiger partial charge in [-0.2, -0.15) is 0 Å². The first-order valence-electron chi connectivity index (χ1n) is 7.19. The number of hydrogen-bond donors (Lipinski definition) is 1. The van der Waals surface area contributed by atoms with Gasteiger partial charge < -0.3 is 19.7 Å². The van der Waals surface area contributed by atoms with E-state index in [9.17, 15) is 4.79 Å². The summed E-state index contributed by atoms with van der Waals surface area (Å²) in [7, 11) is 0. The Kier molecular flexibility index (Phi) is 3.78. The van der Waals surface area contributed by atoms with Crippen LogP contribution in [0.15, 0.2) is 24.3 Å². The summed E-state index contributed by atoms with van der Waals surface area (Å²) < 4.78 is 11.4. The molecule has 1 N–H and O–H groups in total. The van der Waals surface area contributed by atoms with E-state index in [1.54, 1.807) is 0 Å². The molecule has 1 aromatic rings. The molecule has 2 heterocycles. The number of fused-ring (bicyclic) bond motifs is 1. The highest BCUT2D eigenvalue weighted by Crippen LogP contribution is 2.31.